The highest BCUT2D eigenvalue weighted by atomic mass is 79.9. The Labute approximate surface area is 243 Å². The van der Waals surface area contributed by atoms with E-state index in [4.69, 9.17) is 15.0 Å². The Kier molecular flexibility index (Phi) is 7.22. The number of nitro groups is 1. The van der Waals surface area contributed by atoms with Gasteiger partial charge in [0.15, 0.2) is 6.10 Å². The lowest BCUT2D eigenvalue weighted by molar-refractivity contribution is -0.386. The number of imide groups is 1. The Morgan fingerprint density at radius 2 is 1.76 bits per heavy atom. The maximum atomic E-state index is 13.9. The lowest BCUT2D eigenvalue weighted by atomic mass is 9.93. The maximum Gasteiger partial charge on any atom is 0.274 e. The molecule has 2 aromatic carbocycles. The third-order valence-corrected chi connectivity index (χ3v) is 8.64. The van der Waals surface area contributed by atoms with Gasteiger partial charge in [0.1, 0.15) is 23.5 Å². The van der Waals surface area contributed by atoms with Crippen LogP contribution >= 0.6 is 15.9 Å². The Morgan fingerprint density at radius 1 is 1.02 bits per heavy atom. The number of nitrogens with two attached hydrogens (primary N) is 1. The third kappa shape index (κ3) is 4.96. The number of furan rings is 1. The van der Waals surface area contributed by atoms with E-state index in [2.05, 4.69) is 15.9 Å². The Morgan fingerprint density at radius 3 is 2.44 bits per heavy atom. The van der Waals surface area contributed by atoms with Crippen LogP contribution in [0.2, 0.25) is 0 Å². The molecule has 1 aliphatic carbocycles. The molecule has 3 amide bonds. The fourth-order valence-electron chi connectivity index (χ4n) is 6.11. The van der Waals surface area contributed by atoms with Gasteiger partial charge in [-0.3, -0.25) is 34.2 Å². The molecule has 0 radical (unpaired) electrons. The van der Waals surface area contributed by atoms with E-state index in [9.17, 15) is 24.5 Å². The van der Waals surface area contributed by atoms with Crippen LogP contribution in [0.1, 0.15) is 59.8 Å². The molecule has 3 aliphatic rings. The topological polar surface area (TPSA) is 149 Å². The van der Waals surface area contributed by atoms with Gasteiger partial charge < -0.3 is 10.2 Å². The highest BCUT2D eigenvalue weighted by Gasteiger charge is 2.61. The number of hydrogen-bond acceptors (Lipinski definition) is 8. The summed E-state index contributed by atoms with van der Waals surface area (Å²) in [4.78, 5) is 57.9. The molecule has 41 heavy (non-hydrogen) atoms. The van der Waals surface area contributed by atoms with Crippen molar-refractivity contribution in [1.29, 1.82) is 0 Å². The second-order valence-electron chi connectivity index (χ2n) is 10.6. The molecule has 2 saturated heterocycles. The van der Waals surface area contributed by atoms with Gasteiger partial charge in [0.05, 0.1) is 11.5 Å². The van der Waals surface area contributed by atoms with Crippen LogP contribution in [0.5, 0.6) is 0 Å². The van der Waals surface area contributed by atoms with Crippen LogP contribution in [0, 0.1) is 16.0 Å². The number of hydroxylamine groups is 2. The minimum Gasteiger partial charge on any atom is -0.459 e. The van der Waals surface area contributed by atoms with Gasteiger partial charge in [0.2, 0.25) is 11.8 Å². The molecule has 0 spiro atoms. The number of nitrogens with zero attached hydrogens (tertiary/aromatic N) is 3. The maximum absolute atomic E-state index is 13.9. The van der Waals surface area contributed by atoms with E-state index in [0.29, 0.717) is 11.5 Å². The lowest BCUT2D eigenvalue weighted by Crippen LogP contribution is -2.44. The standard InChI is InChI=1S/C29H27BrN4O7/c30-19-10-8-16(9-11-19)22-12-13-23(40-22)25-24-26(29(37)33(28(24)36)20-4-2-1-3-5-20)41-32(25)15-18-7-6-17(27(31)35)14-21(18)34(38)39/h6-14,20,24-26H,1-5,15H2,(H2,31,35). The average Bonchev–Trinajstić information content (AvgIpc) is 3.64. The molecule has 12 heteroatoms. The number of hydrogen-bond donors (Lipinski definition) is 1. The fraction of sp³-hybridized carbons (Fsp3) is 0.345. The van der Waals surface area contributed by atoms with E-state index in [-0.39, 0.29) is 35.3 Å². The monoisotopic (exact) mass is 622 g/mol. The largest absolute Gasteiger partial charge is 0.459 e. The molecule has 3 fully saturated rings. The molecule has 2 N–H and O–H groups in total. The lowest BCUT2D eigenvalue weighted by Gasteiger charge is -2.32. The zero-order valence-electron chi connectivity index (χ0n) is 21.9. The summed E-state index contributed by atoms with van der Waals surface area (Å²) < 4.78 is 7.16. The number of likely N-dealkylation sites (tertiary alicyclic amines) is 1. The van der Waals surface area contributed by atoms with Gasteiger partial charge in [-0.2, -0.15) is 5.06 Å². The minimum atomic E-state index is -1.07. The number of halogens is 1. The summed E-state index contributed by atoms with van der Waals surface area (Å²) in [5.41, 5.74) is 6.05. The Balaban J connectivity index is 1.37. The molecule has 3 unspecified atom stereocenters. The molecule has 3 aromatic rings. The molecular formula is C29H27BrN4O7. The normalized spacial score (nSPS) is 23.2. The molecule has 6 rings (SSSR count). The zero-order chi connectivity index (χ0) is 28.8. The quantitative estimate of drug-likeness (QED) is 0.222. The summed E-state index contributed by atoms with van der Waals surface area (Å²) in [5.74, 6) is -1.42. The summed E-state index contributed by atoms with van der Waals surface area (Å²) in [5, 5.41) is 13.3. The van der Waals surface area contributed by atoms with E-state index in [0.717, 1.165) is 48.2 Å². The van der Waals surface area contributed by atoms with Crippen molar-refractivity contribution in [2.75, 3.05) is 0 Å². The number of nitro benzene ring substituents is 1. The summed E-state index contributed by atoms with van der Waals surface area (Å²) in [7, 11) is 0. The Bertz CT molecular complexity index is 1530. The number of carbonyl (C=O) groups is 3. The first-order chi connectivity index (χ1) is 19.7. The molecule has 3 heterocycles. The van der Waals surface area contributed by atoms with Crippen LogP contribution in [0.4, 0.5) is 5.69 Å². The van der Waals surface area contributed by atoms with Crippen LogP contribution < -0.4 is 5.73 Å². The molecule has 0 bridgehead atoms. The fourth-order valence-corrected chi connectivity index (χ4v) is 6.38. The second-order valence-corrected chi connectivity index (χ2v) is 11.5. The highest BCUT2D eigenvalue weighted by molar-refractivity contribution is 9.10. The number of primary amides is 1. The number of benzene rings is 2. The zero-order valence-corrected chi connectivity index (χ0v) is 23.5. The van der Waals surface area contributed by atoms with Gasteiger partial charge in [0, 0.05) is 33.3 Å². The third-order valence-electron chi connectivity index (χ3n) is 8.11. The van der Waals surface area contributed by atoms with Gasteiger partial charge in [-0.15, -0.1) is 0 Å². The van der Waals surface area contributed by atoms with E-state index in [1.807, 2.05) is 24.3 Å². The Hall–Kier alpha value is -3.87. The number of amides is 3. The van der Waals surface area contributed by atoms with Crippen molar-refractivity contribution < 1.29 is 28.6 Å². The molecule has 1 saturated carbocycles. The van der Waals surface area contributed by atoms with Crippen molar-refractivity contribution in [2.45, 2.75) is 56.8 Å². The molecule has 3 atom stereocenters. The molecule has 212 valence electrons. The van der Waals surface area contributed by atoms with Crippen molar-refractivity contribution in [3.05, 3.63) is 86.1 Å². The van der Waals surface area contributed by atoms with E-state index < -0.39 is 34.8 Å². The van der Waals surface area contributed by atoms with Crippen LogP contribution in [0.3, 0.4) is 0 Å². The smallest absolute Gasteiger partial charge is 0.274 e. The van der Waals surface area contributed by atoms with Crippen molar-refractivity contribution in [2.24, 2.45) is 11.7 Å². The first kappa shape index (κ1) is 27.3. The van der Waals surface area contributed by atoms with Crippen LogP contribution in [-0.2, 0) is 21.0 Å². The predicted molar refractivity (Wildman–Crippen MR) is 149 cm³/mol. The first-order valence-electron chi connectivity index (χ1n) is 13.5. The minimum absolute atomic E-state index is 0.00476. The summed E-state index contributed by atoms with van der Waals surface area (Å²) >= 11 is 3.42. The highest BCUT2D eigenvalue weighted by Crippen LogP contribution is 2.48. The van der Waals surface area contributed by atoms with E-state index in [1.165, 1.54) is 22.1 Å². The van der Waals surface area contributed by atoms with Gasteiger partial charge in [-0.1, -0.05) is 47.3 Å². The number of carbonyl (C=O) groups excluding carboxylic acids is 3. The second kappa shape index (κ2) is 10.8. The van der Waals surface area contributed by atoms with Gasteiger partial charge in [-0.05, 0) is 49.2 Å². The summed E-state index contributed by atoms with van der Waals surface area (Å²) in [6, 6.07) is 14.0. The van der Waals surface area contributed by atoms with Crippen molar-refractivity contribution in [3.8, 4) is 11.3 Å². The summed E-state index contributed by atoms with van der Waals surface area (Å²) in [6.07, 6.45) is 3.43. The first-order valence-corrected chi connectivity index (χ1v) is 14.3. The van der Waals surface area contributed by atoms with E-state index in [1.54, 1.807) is 12.1 Å². The van der Waals surface area contributed by atoms with Crippen molar-refractivity contribution in [3.63, 3.8) is 0 Å². The molecule has 1 aromatic heterocycles. The van der Waals surface area contributed by atoms with Crippen molar-refractivity contribution in [1.82, 2.24) is 9.96 Å². The van der Waals surface area contributed by atoms with Crippen LogP contribution in [-0.4, -0.2) is 44.8 Å². The average molecular weight is 623 g/mol. The summed E-state index contributed by atoms with van der Waals surface area (Å²) in [6.45, 7) is -0.134. The van der Waals surface area contributed by atoms with Crippen LogP contribution in [0.25, 0.3) is 11.3 Å². The molecular weight excluding hydrogens is 596 g/mol. The number of fused-ring (bicyclic) bond motifs is 1. The molecule has 2 aliphatic heterocycles. The van der Waals surface area contributed by atoms with Crippen LogP contribution in [0.15, 0.2) is 63.5 Å². The van der Waals surface area contributed by atoms with Gasteiger partial charge >= 0.3 is 0 Å². The van der Waals surface area contributed by atoms with Gasteiger partial charge in [-0.25, -0.2) is 0 Å². The molecule has 11 nitrogen and oxygen atoms in total. The van der Waals surface area contributed by atoms with Crippen molar-refractivity contribution >= 4 is 39.3 Å². The number of rotatable bonds is 7. The van der Waals surface area contributed by atoms with E-state index >= 15 is 0 Å². The van der Waals surface area contributed by atoms with Gasteiger partial charge in [0.25, 0.3) is 11.6 Å². The SMILES string of the molecule is NC(=O)c1ccc(CN2OC3C(=O)N(C4CCCCC4)C(=O)C3C2c2ccc(-c3ccc(Br)cc3)o2)c([N+](=O)[O-])c1. The predicted octanol–water partition coefficient (Wildman–Crippen LogP) is 4.89.